The highest BCUT2D eigenvalue weighted by Gasteiger charge is 2.37. The summed E-state index contributed by atoms with van der Waals surface area (Å²) in [4.78, 5) is -0.164. The lowest BCUT2D eigenvalue weighted by Gasteiger charge is -2.36. The third-order valence-corrected chi connectivity index (χ3v) is 9.76. The maximum atomic E-state index is 12.9. The van der Waals surface area contributed by atoms with Gasteiger partial charge in [-0.2, -0.15) is 16.8 Å². The fourth-order valence-corrected chi connectivity index (χ4v) is 6.68. The van der Waals surface area contributed by atoms with Crippen LogP contribution in [0.15, 0.2) is 40.1 Å². The van der Waals surface area contributed by atoms with Gasteiger partial charge in [0, 0.05) is 0 Å². The summed E-state index contributed by atoms with van der Waals surface area (Å²) in [7, 11) is -8.95. The predicted octanol–water partition coefficient (Wildman–Crippen LogP) is 8.11. The van der Waals surface area contributed by atoms with Crippen LogP contribution in [0.25, 0.3) is 0 Å². The van der Waals surface area contributed by atoms with E-state index in [9.17, 15) is 25.9 Å². The zero-order chi connectivity index (χ0) is 31.5. The zero-order valence-electron chi connectivity index (χ0n) is 26.6. The molecule has 2 N–H and O–H groups in total. The van der Waals surface area contributed by atoms with Crippen molar-refractivity contribution in [3.63, 3.8) is 0 Å². The van der Waals surface area contributed by atoms with Crippen molar-refractivity contribution in [2.24, 2.45) is 0 Å². The molecular formula is C32H50O6S2. The molecule has 0 heterocycles. The maximum Gasteiger partial charge on any atom is 0.295 e. The van der Waals surface area contributed by atoms with Crippen LogP contribution < -0.4 is 0 Å². The first-order chi connectivity index (χ1) is 17.5. The van der Waals surface area contributed by atoms with E-state index in [1.165, 1.54) is 12.1 Å². The minimum absolute atomic E-state index is 0.0285. The Bertz CT molecular complexity index is 1480. The van der Waals surface area contributed by atoms with Gasteiger partial charge in [0.15, 0.2) is 0 Å². The van der Waals surface area contributed by atoms with Gasteiger partial charge >= 0.3 is 0 Å². The molecule has 226 valence electrons. The van der Waals surface area contributed by atoms with Gasteiger partial charge in [0.1, 0.15) is 4.90 Å². The molecule has 0 saturated heterocycles. The van der Waals surface area contributed by atoms with E-state index < -0.39 is 36.5 Å². The van der Waals surface area contributed by atoms with Crippen LogP contribution in [-0.2, 0) is 47.3 Å². The Morgan fingerprint density at radius 1 is 0.500 bits per heavy atom. The van der Waals surface area contributed by atoms with Crippen LogP contribution in [0.3, 0.4) is 0 Å². The van der Waals surface area contributed by atoms with E-state index in [0.29, 0.717) is 24.0 Å². The molecule has 0 unspecified atom stereocenters. The average Bonchev–Trinajstić information content (AvgIpc) is 2.73. The van der Waals surface area contributed by atoms with Gasteiger partial charge in [-0.05, 0) is 79.9 Å². The normalized spacial score (nSPS) is 14.5. The minimum Gasteiger partial charge on any atom is -0.282 e. The summed E-state index contributed by atoms with van der Waals surface area (Å²) in [5.74, 6) is 0. The monoisotopic (exact) mass is 594 g/mol. The molecule has 2 rings (SSSR count). The van der Waals surface area contributed by atoms with E-state index >= 15 is 0 Å². The highest BCUT2D eigenvalue weighted by Crippen LogP contribution is 2.44. The van der Waals surface area contributed by atoms with Gasteiger partial charge in [-0.1, -0.05) is 108 Å². The second-order valence-corrected chi connectivity index (χ2v) is 18.4. The third kappa shape index (κ3) is 7.96. The minimum atomic E-state index is -4.54. The van der Waals surface area contributed by atoms with Crippen molar-refractivity contribution in [1.82, 2.24) is 0 Å². The predicted molar refractivity (Wildman–Crippen MR) is 164 cm³/mol. The molecule has 0 atom stereocenters. The summed E-state index contributed by atoms with van der Waals surface area (Å²) in [5.41, 5.74) is 1.43. The van der Waals surface area contributed by atoms with E-state index in [4.69, 9.17) is 0 Å². The van der Waals surface area contributed by atoms with Crippen molar-refractivity contribution >= 4 is 20.2 Å². The largest absolute Gasteiger partial charge is 0.295 e. The van der Waals surface area contributed by atoms with Crippen molar-refractivity contribution in [1.29, 1.82) is 0 Å². The topological polar surface area (TPSA) is 109 Å². The summed E-state index contributed by atoms with van der Waals surface area (Å²) >= 11 is 0. The van der Waals surface area contributed by atoms with E-state index in [1.54, 1.807) is 0 Å². The number of rotatable bonds is 7. The number of benzene rings is 2. The van der Waals surface area contributed by atoms with Crippen LogP contribution in [-0.4, -0.2) is 25.9 Å². The molecule has 8 heteroatoms. The SMILES string of the molecule is CC(C)(C)c1cc(C(C)(C)CCC(C)(C)c2cc(C(C)(C)C)cc(C(C)(C)C)c2S(=O)(=O)O)cc(S(=O)(=O)O)c1. The van der Waals surface area contributed by atoms with Gasteiger partial charge in [0.05, 0.1) is 4.90 Å². The molecule has 0 aliphatic carbocycles. The Balaban J connectivity index is 2.73. The fourth-order valence-electron chi connectivity index (χ4n) is 4.88. The molecule has 0 amide bonds. The lowest BCUT2D eigenvalue weighted by Crippen LogP contribution is -2.29. The van der Waals surface area contributed by atoms with Gasteiger partial charge in [0.2, 0.25) is 0 Å². The van der Waals surface area contributed by atoms with Crippen LogP contribution in [0.4, 0.5) is 0 Å². The first-order valence-corrected chi connectivity index (χ1v) is 16.7. The van der Waals surface area contributed by atoms with E-state index in [0.717, 1.165) is 16.7 Å². The second kappa shape index (κ2) is 10.5. The van der Waals surface area contributed by atoms with E-state index in [2.05, 4.69) is 20.8 Å². The van der Waals surface area contributed by atoms with Crippen molar-refractivity contribution in [2.75, 3.05) is 0 Å². The van der Waals surface area contributed by atoms with Gasteiger partial charge in [-0.25, -0.2) is 0 Å². The van der Waals surface area contributed by atoms with Crippen LogP contribution in [0.2, 0.25) is 0 Å². The van der Waals surface area contributed by atoms with Crippen molar-refractivity contribution in [3.05, 3.63) is 58.1 Å². The third-order valence-electron chi connectivity index (χ3n) is 7.98. The molecule has 2 aromatic rings. The molecular weight excluding hydrogens is 544 g/mol. The molecule has 2 aromatic carbocycles. The lowest BCUT2D eigenvalue weighted by molar-refractivity contribution is 0.366. The van der Waals surface area contributed by atoms with Crippen molar-refractivity contribution < 1.29 is 25.9 Å². The first-order valence-electron chi connectivity index (χ1n) is 13.8. The second-order valence-electron chi connectivity index (χ2n) is 15.6. The molecule has 0 fully saturated rings. The summed E-state index contributed by atoms with van der Waals surface area (Å²) < 4.78 is 70.4. The lowest BCUT2D eigenvalue weighted by atomic mass is 9.70. The summed E-state index contributed by atoms with van der Waals surface area (Å²) in [6.45, 7) is 26.1. The Morgan fingerprint density at radius 3 is 1.30 bits per heavy atom. The molecule has 0 aliphatic rings. The Morgan fingerprint density at radius 2 is 0.900 bits per heavy atom. The van der Waals surface area contributed by atoms with Gasteiger partial charge in [-0.15, -0.1) is 0 Å². The van der Waals surface area contributed by atoms with Crippen molar-refractivity contribution in [3.8, 4) is 0 Å². The van der Waals surface area contributed by atoms with Crippen LogP contribution in [0, 0.1) is 0 Å². The maximum absolute atomic E-state index is 12.9. The average molecular weight is 595 g/mol. The standard InChI is InChI=1S/C32H50O6S2/c1-28(2,3)21-16-23(18-24(17-21)39(33,34)35)31(10,11)14-15-32(12,13)26-20-22(29(4,5)6)19-25(30(7,8)9)27(26)40(36,37)38/h16-20H,14-15H2,1-13H3,(H,33,34,35)(H,36,37,38). The molecule has 0 saturated carbocycles. The molecule has 40 heavy (non-hydrogen) atoms. The van der Waals surface area contributed by atoms with Gasteiger partial charge < -0.3 is 0 Å². The molecule has 0 spiro atoms. The van der Waals surface area contributed by atoms with E-state index in [1.807, 2.05) is 87.4 Å². The highest BCUT2D eigenvalue weighted by molar-refractivity contribution is 7.86. The van der Waals surface area contributed by atoms with Crippen LogP contribution in [0.1, 0.15) is 131 Å². The zero-order valence-corrected chi connectivity index (χ0v) is 28.3. The highest BCUT2D eigenvalue weighted by atomic mass is 32.2. The summed E-state index contributed by atoms with van der Waals surface area (Å²) in [6, 6.07) is 8.86. The van der Waals surface area contributed by atoms with Gasteiger partial charge in [-0.3, -0.25) is 9.11 Å². The first kappa shape index (κ1) is 34.5. The van der Waals surface area contributed by atoms with Crippen LogP contribution >= 0.6 is 0 Å². The Hall–Kier alpha value is -1.74. The molecule has 0 aliphatic heterocycles. The fraction of sp³-hybridized carbons (Fsp3) is 0.625. The summed E-state index contributed by atoms with van der Waals surface area (Å²) in [6.07, 6.45) is 1.15. The van der Waals surface area contributed by atoms with E-state index in [-0.39, 0.29) is 20.6 Å². The number of hydrogen-bond donors (Lipinski definition) is 2. The Kier molecular flexibility index (Phi) is 9.06. The molecule has 0 bridgehead atoms. The smallest absolute Gasteiger partial charge is 0.282 e. The summed E-state index contributed by atoms with van der Waals surface area (Å²) in [5, 5.41) is 0. The van der Waals surface area contributed by atoms with Gasteiger partial charge in [0.25, 0.3) is 20.2 Å². The Labute approximate surface area is 243 Å². The van der Waals surface area contributed by atoms with Crippen molar-refractivity contribution in [2.45, 2.75) is 140 Å². The van der Waals surface area contributed by atoms with Crippen LogP contribution in [0.5, 0.6) is 0 Å². The molecule has 6 nitrogen and oxygen atoms in total. The number of hydrogen-bond acceptors (Lipinski definition) is 4. The molecule has 0 aromatic heterocycles. The quantitative estimate of drug-likeness (QED) is 0.314. The molecule has 0 radical (unpaired) electrons.